The van der Waals surface area contributed by atoms with E-state index in [4.69, 9.17) is 9.47 Å². The molecule has 33 heavy (non-hydrogen) atoms. The van der Waals surface area contributed by atoms with E-state index in [1.54, 1.807) is 6.20 Å². The number of pyridine rings is 1. The maximum atomic E-state index is 12.1. The minimum atomic E-state index is -0.284. The van der Waals surface area contributed by atoms with Crippen molar-refractivity contribution < 1.29 is 14.3 Å². The number of carbonyl (C=O) groups is 1. The summed E-state index contributed by atoms with van der Waals surface area (Å²) >= 11 is 0. The van der Waals surface area contributed by atoms with Crippen LogP contribution in [-0.4, -0.2) is 42.1 Å². The maximum absolute atomic E-state index is 12.1. The fourth-order valence-electron chi connectivity index (χ4n) is 2.74. The highest BCUT2D eigenvalue weighted by Gasteiger charge is 2.14. The zero-order valence-electron chi connectivity index (χ0n) is 20.1. The zero-order valence-corrected chi connectivity index (χ0v) is 22.4. The number of carbonyl (C=O) groups excluding carboxylic acids is 1. The molecule has 1 aromatic heterocycles. The zero-order chi connectivity index (χ0) is 23.4. The van der Waals surface area contributed by atoms with Crippen molar-refractivity contribution in [2.24, 2.45) is 4.99 Å². The van der Waals surface area contributed by atoms with Crippen LogP contribution in [0.2, 0.25) is 0 Å². The summed E-state index contributed by atoms with van der Waals surface area (Å²) in [6, 6.07) is 11.3. The Morgan fingerprint density at radius 1 is 1.06 bits per heavy atom. The number of nitrogens with zero attached hydrogens (tertiary/aromatic N) is 2. The molecule has 0 radical (unpaired) electrons. The van der Waals surface area contributed by atoms with Gasteiger partial charge in [-0.25, -0.2) is 9.98 Å². The summed E-state index contributed by atoms with van der Waals surface area (Å²) in [5.41, 5.74) is 0.530. The van der Waals surface area contributed by atoms with Crippen molar-refractivity contribution in [2.45, 2.75) is 53.1 Å². The monoisotopic (exact) mass is 569 g/mol. The number of hydrogen-bond donors (Lipinski definition) is 3. The van der Waals surface area contributed by atoms with Gasteiger partial charge in [0.1, 0.15) is 0 Å². The van der Waals surface area contributed by atoms with E-state index >= 15 is 0 Å². The van der Waals surface area contributed by atoms with Crippen LogP contribution < -0.4 is 25.4 Å². The lowest BCUT2D eigenvalue weighted by atomic mass is 10.1. The lowest BCUT2D eigenvalue weighted by Gasteiger charge is -2.21. The van der Waals surface area contributed by atoms with Crippen LogP contribution in [0.25, 0.3) is 0 Å². The molecule has 0 bridgehead atoms. The second kappa shape index (κ2) is 14.6. The molecule has 2 aromatic rings. The van der Waals surface area contributed by atoms with Gasteiger partial charge in [0.2, 0.25) is 11.8 Å². The number of aliphatic imine (C=N–C) groups is 1. The molecule has 0 aliphatic heterocycles. The number of halogens is 1. The third kappa shape index (κ3) is 10.7. The van der Waals surface area contributed by atoms with E-state index in [0.717, 1.165) is 12.0 Å². The first-order valence-corrected chi connectivity index (χ1v) is 11.0. The van der Waals surface area contributed by atoms with Gasteiger partial charge in [-0.2, -0.15) is 0 Å². The second-order valence-electron chi connectivity index (χ2n) is 8.21. The number of amides is 1. The second-order valence-corrected chi connectivity index (χ2v) is 8.21. The number of ether oxygens (including phenoxy) is 2. The first-order chi connectivity index (χ1) is 15.3. The Morgan fingerprint density at radius 2 is 1.79 bits per heavy atom. The van der Waals surface area contributed by atoms with Crippen LogP contribution in [0.4, 0.5) is 0 Å². The van der Waals surface area contributed by atoms with Gasteiger partial charge in [-0.3, -0.25) is 4.79 Å². The van der Waals surface area contributed by atoms with Crippen molar-refractivity contribution in [3.8, 4) is 17.4 Å². The summed E-state index contributed by atoms with van der Waals surface area (Å²) in [6.07, 6.45) is 2.59. The van der Waals surface area contributed by atoms with Crippen LogP contribution in [0.1, 0.15) is 46.6 Å². The number of rotatable bonds is 10. The Kier molecular flexibility index (Phi) is 12.6. The van der Waals surface area contributed by atoms with Crippen molar-refractivity contribution in [3.63, 3.8) is 0 Å². The van der Waals surface area contributed by atoms with E-state index in [1.165, 1.54) is 0 Å². The predicted molar refractivity (Wildman–Crippen MR) is 143 cm³/mol. The Hall–Kier alpha value is -2.56. The number of guanidine groups is 1. The molecule has 1 heterocycles. The SMILES string of the molecule is CCCOc1ccccc1Oc1ncccc1CN=C(NCC)NCC(=O)NC(C)(C)C.I. The fraction of sp³-hybridized carbons (Fsp3) is 0.458. The van der Waals surface area contributed by atoms with Crippen molar-refractivity contribution in [3.05, 3.63) is 48.2 Å². The molecule has 0 aliphatic rings. The minimum Gasteiger partial charge on any atom is -0.490 e. The van der Waals surface area contributed by atoms with E-state index in [0.29, 0.717) is 43.0 Å². The summed E-state index contributed by atoms with van der Waals surface area (Å²) in [5, 5.41) is 9.13. The lowest BCUT2D eigenvalue weighted by molar-refractivity contribution is -0.121. The van der Waals surface area contributed by atoms with Crippen LogP contribution >= 0.6 is 24.0 Å². The van der Waals surface area contributed by atoms with Gasteiger partial charge < -0.3 is 25.4 Å². The Balaban J connectivity index is 0.00000544. The van der Waals surface area contributed by atoms with E-state index in [-0.39, 0.29) is 42.0 Å². The van der Waals surface area contributed by atoms with Crippen LogP contribution in [-0.2, 0) is 11.3 Å². The van der Waals surface area contributed by atoms with Crippen molar-refractivity contribution >= 4 is 35.8 Å². The van der Waals surface area contributed by atoms with Crippen LogP contribution in [0.3, 0.4) is 0 Å². The third-order valence-corrected chi connectivity index (χ3v) is 4.05. The van der Waals surface area contributed by atoms with Gasteiger partial charge in [-0.05, 0) is 52.3 Å². The van der Waals surface area contributed by atoms with Gasteiger partial charge in [-0.15, -0.1) is 24.0 Å². The van der Waals surface area contributed by atoms with Crippen molar-refractivity contribution in [2.75, 3.05) is 19.7 Å². The highest BCUT2D eigenvalue weighted by molar-refractivity contribution is 14.0. The largest absolute Gasteiger partial charge is 0.490 e. The molecule has 0 atom stereocenters. The van der Waals surface area contributed by atoms with Gasteiger partial charge in [0, 0.05) is 23.8 Å². The maximum Gasteiger partial charge on any atom is 0.239 e. The van der Waals surface area contributed by atoms with E-state index in [2.05, 4.69) is 32.9 Å². The van der Waals surface area contributed by atoms with Crippen LogP contribution in [0.15, 0.2) is 47.6 Å². The molecular formula is C24H36IN5O3. The quantitative estimate of drug-likeness (QED) is 0.225. The first kappa shape index (κ1) is 28.5. The third-order valence-electron chi connectivity index (χ3n) is 4.05. The minimum absolute atomic E-state index is 0. The number of aromatic nitrogens is 1. The summed E-state index contributed by atoms with van der Waals surface area (Å²) in [5.74, 6) is 2.18. The molecule has 0 unspecified atom stereocenters. The summed E-state index contributed by atoms with van der Waals surface area (Å²) in [6.45, 7) is 11.6. The molecule has 0 saturated heterocycles. The average molecular weight is 569 g/mol. The van der Waals surface area contributed by atoms with Crippen LogP contribution in [0, 0.1) is 0 Å². The molecule has 1 aromatic carbocycles. The van der Waals surface area contributed by atoms with Crippen molar-refractivity contribution in [1.82, 2.24) is 20.9 Å². The Morgan fingerprint density at radius 3 is 2.45 bits per heavy atom. The first-order valence-electron chi connectivity index (χ1n) is 11.0. The molecule has 8 nitrogen and oxygen atoms in total. The molecule has 9 heteroatoms. The van der Waals surface area contributed by atoms with E-state index in [9.17, 15) is 4.79 Å². The van der Waals surface area contributed by atoms with E-state index < -0.39 is 0 Å². The molecule has 0 fully saturated rings. The molecule has 2 rings (SSSR count). The smallest absolute Gasteiger partial charge is 0.239 e. The molecule has 0 aliphatic carbocycles. The molecule has 0 saturated carbocycles. The van der Waals surface area contributed by atoms with Gasteiger partial charge in [-0.1, -0.05) is 25.1 Å². The van der Waals surface area contributed by atoms with E-state index in [1.807, 2.05) is 64.1 Å². The summed E-state index contributed by atoms with van der Waals surface area (Å²) in [7, 11) is 0. The number of hydrogen-bond acceptors (Lipinski definition) is 5. The number of nitrogens with one attached hydrogen (secondary N) is 3. The summed E-state index contributed by atoms with van der Waals surface area (Å²) < 4.78 is 11.9. The van der Waals surface area contributed by atoms with Gasteiger partial charge in [0.05, 0.1) is 19.7 Å². The molecule has 0 spiro atoms. The van der Waals surface area contributed by atoms with Crippen molar-refractivity contribution in [1.29, 1.82) is 0 Å². The van der Waals surface area contributed by atoms with Gasteiger partial charge in [0.25, 0.3) is 0 Å². The fourth-order valence-corrected chi connectivity index (χ4v) is 2.74. The highest BCUT2D eigenvalue weighted by Crippen LogP contribution is 2.32. The number of para-hydroxylation sites is 2. The summed E-state index contributed by atoms with van der Waals surface area (Å²) in [4.78, 5) is 21.1. The molecule has 3 N–H and O–H groups in total. The average Bonchev–Trinajstić information content (AvgIpc) is 2.75. The normalized spacial score (nSPS) is 11.2. The number of benzene rings is 1. The predicted octanol–water partition coefficient (Wildman–Crippen LogP) is 4.25. The molecular weight excluding hydrogens is 533 g/mol. The topological polar surface area (TPSA) is 96.9 Å². The molecule has 1 amide bonds. The van der Waals surface area contributed by atoms with Gasteiger partial charge in [0.15, 0.2) is 17.5 Å². The van der Waals surface area contributed by atoms with Gasteiger partial charge >= 0.3 is 0 Å². The molecule has 182 valence electrons. The Bertz CT molecular complexity index is 900. The Labute approximate surface area is 214 Å². The lowest BCUT2D eigenvalue weighted by Crippen LogP contribution is -2.48. The van der Waals surface area contributed by atoms with Crippen LogP contribution in [0.5, 0.6) is 17.4 Å². The highest BCUT2D eigenvalue weighted by atomic mass is 127. The standard InChI is InChI=1S/C24H35N5O3.HI/c1-6-15-31-19-12-8-9-13-20(19)32-22-18(11-10-14-26-22)16-27-23(25-7-2)28-17-21(30)29-24(3,4)5;/h8-14H,6-7,15-17H2,1-5H3,(H,29,30)(H2,25,27,28);1H.